The van der Waals surface area contributed by atoms with E-state index in [1.165, 1.54) is 0 Å². The number of carboxylic acids is 1. The van der Waals surface area contributed by atoms with Crippen molar-refractivity contribution >= 4 is 12.0 Å². The molecule has 20 heavy (non-hydrogen) atoms. The zero-order valence-corrected chi connectivity index (χ0v) is 12.2. The van der Waals surface area contributed by atoms with Gasteiger partial charge in [0.1, 0.15) is 0 Å². The number of likely N-dealkylation sites (tertiary alicyclic amines) is 1. The molecule has 2 rings (SSSR count). The topological polar surface area (TPSA) is 78.9 Å². The molecular formula is C14H24N2O4. The number of piperidine rings is 1. The Kier molecular flexibility index (Phi) is 4.86. The van der Waals surface area contributed by atoms with Gasteiger partial charge < -0.3 is 20.1 Å². The second-order valence-electron chi connectivity index (χ2n) is 6.07. The summed E-state index contributed by atoms with van der Waals surface area (Å²) in [5.74, 6) is -1.06. The third-order valence-electron chi connectivity index (χ3n) is 4.17. The Morgan fingerprint density at radius 2 is 2.15 bits per heavy atom. The number of carboxylic acid groups (broad SMARTS) is 1. The van der Waals surface area contributed by atoms with Crippen molar-refractivity contribution in [1.29, 1.82) is 0 Å². The third-order valence-corrected chi connectivity index (χ3v) is 4.17. The lowest BCUT2D eigenvalue weighted by Gasteiger charge is -2.35. The van der Waals surface area contributed by atoms with E-state index < -0.39 is 11.9 Å². The summed E-state index contributed by atoms with van der Waals surface area (Å²) in [6, 6.07) is -0.212. The number of rotatable bonds is 3. The highest BCUT2D eigenvalue weighted by atomic mass is 16.5. The molecule has 0 aromatic rings. The highest BCUT2D eigenvalue weighted by Gasteiger charge is 2.33. The average Bonchev–Trinajstić information content (AvgIpc) is 2.91. The number of nitrogens with one attached hydrogen (secondary N) is 1. The van der Waals surface area contributed by atoms with Crippen molar-refractivity contribution in [1.82, 2.24) is 10.2 Å². The quantitative estimate of drug-likeness (QED) is 0.819. The van der Waals surface area contributed by atoms with Crippen LogP contribution in [0.3, 0.4) is 0 Å². The Morgan fingerprint density at radius 1 is 1.40 bits per heavy atom. The molecule has 2 aliphatic heterocycles. The first-order valence-corrected chi connectivity index (χ1v) is 7.37. The zero-order valence-electron chi connectivity index (χ0n) is 12.2. The average molecular weight is 284 g/mol. The fourth-order valence-electron chi connectivity index (χ4n) is 3.07. The predicted octanol–water partition coefficient (Wildman–Crippen LogP) is 1.31. The zero-order chi connectivity index (χ0) is 14.7. The first-order chi connectivity index (χ1) is 9.47. The molecule has 0 spiro atoms. The number of ether oxygens (including phenoxy) is 1. The molecular weight excluding hydrogens is 260 g/mol. The van der Waals surface area contributed by atoms with Crippen LogP contribution in [0.1, 0.15) is 33.1 Å². The molecule has 4 atom stereocenters. The van der Waals surface area contributed by atoms with Gasteiger partial charge in [0, 0.05) is 19.7 Å². The molecule has 114 valence electrons. The number of hydrogen-bond acceptors (Lipinski definition) is 3. The molecule has 0 aromatic heterocycles. The summed E-state index contributed by atoms with van der Waals surface area (Å²) >= 11 is 0. The van der Waals surface area contributed by atoms with Gasteiger partial charge in [-0.1, -0.05) is 6.92 Å². The summed E-state index contributed by atoms with van der Waals surface area (Å²) in [5, 5.41) is 12.1. The minimum Gasteiger partial charge on any atom is -0.481 e. The fraction of sp³-hybridized carbons (Fsp3) is 0.857. The highest BCUT2D eigenvalue weighted by Crippen LogP contribution is 2.22. The van der Waals surface area contributed by atoms with Crippen LogP contribution in [0.2, 0.25) is 0 Å². The molecule has 0 bridgehead atoms. The van der Waals surface area contributed by atoms with Gasteiger partial charge in [0.05, 0.1) is 18.1 Å². The molecule has 2 fully saturated rings. The minimum atomic E-state index is -0.818. The van der Waals surface area contributed by atoms with Crippen molar-refractivity contribution in [3.05, 3.63) is 0 Å². The first kappa shape index (κ1) is 15.1. The van der Waals surface area contributed by atoms with Crippen molar-refractivity contribution in [3.63, 3.8) is 0 Å². The van der Waals surface area contributed by atoms with Gasteiger partial charge in [-0.05, 0) is 32.1 Å². The molecule has 0 radical (unpaired) electrons. The smallest absolute Gasteiger partial charge is 0.317 e. The maximum atomic E-state index is 12.2. The van der Waals surface area contributed by atoms with Crippen molar-refractivity contribution in [2.75, 3.05) is 19.7 Å². The lowest BCUT2D eigenvalue weighted by atomic mass is 9.91. The Balaban J connectivity index is 1.88. The number of urea groups is 1. The van der Waals surface area contributed by atoms with Crippen LogP contribution in [-0.2, 0) is 9.53 Å². The van der Waals surface area contributed by atoms with E-state index in [4.69, 9.17) is 9.84 Å². The van der Waals surface area contributed by atoms with Crippen molar-refractivity contribution in [2.45, 2.75) is 45.3 Å². The summed E-state index contributed by atoms with van der Waals surface area (Å²) in [6.07, 6.45) is 2.72. The van der Waals surface area contributed by atoms with E-state index in [2.05, 4.69) is 5.32 Å². The number of nitrogens with zero attached hydrogens (tertiary/aromatic N) is 1. The summed E-state index contributed by atoms with van der Waals surface area (Å²) < 4.78 is 5.56. The molecule has 0 saturated carbocycles. The molecule has 6 nitrogen and oxygen atoms in total. The van der Waals surface area contributed by atoms with Gasteiger partial charge in [0.25, 0.3) is 0 Å². The molecule has 0 aromatic carbocycles. The van der Waals surface area contributed by atoms with Crippen LogP contribution in [0.5, 0.6) is 0 Å². The molecule has 2 saturated heterocycles. The Bertz CT molecular complexity index is 368. The standard InChI is InChI=1S/C14H24N2O4/c1-9-6-11(13(17)18)8-16(7-9)14(19)15-10(2)12-4-3-5-20-12/h9-12H,3-8H2,1-2H3,(H,15,19)(H,17,18). The molecule has 2 N–H and O–H groups in total. The fourth-order valence-corrected chi connectivity index (χ4v) is 3.07. The van der Waals surface area contributed by atoms with Crippen LogP contribution < -0.4 is 5.32 Å². The van der Waals surface area contributed by atoms with Gasteiger partial charge in [0.15, 0.2) is 0 Å². The monoisotopic (exact) mass is 284 g/mol. The Morgan fingerprint density at radius 3 is 2.75 bits per heavy atom. The normalized spacial score (nSPS) is 31.9. The summed E-state index contributed by atoms with van der Waals surface area (Å²) in [4.78, 5) is 25.0. The van der Waals surface area contributed by atoms with Gasteiger partial charge in [-0.2, -0.15) is 0 Å². The van der Waals surface area contributed by atoms with Crippen LogP contribution in [0, 0.1) is 11.8 Å². The molecule has 2 heterocycles. The first-order valence-electron chi connectivity index (χ1n) is 7.37. The van der Waals surface area contributed by atoms with E-state index in [-0.39, 0.29) is 24.1 Å². The molecule has 6 heteroatoms. The van der Waals surface area contributed by atoms with Gasteiger partial charge >= 0.3 is 12.0 Å². The summed E-state index contributed by atoms with van der Waals surface area (Å²) in [7, 11) is 0. The molecule has 0 aliphatic carbocycles. The van der Waals surface area contributed by atoms with Crippen LogP contribution >= 0.6 is 0 Å². The summed E-state index contributed by atoms with van der Waals surface area (Å²) in [5.41, 5.74) is 0. The second-order valence-corrected chi connectivity index (χ2v) is 6.07. The number of amides is 2. The van der Waals surface area contributed by atoms with Gasteiger partial charge in [-0.25, -0.2) is 4.79 Å². The maximum Gasteiger partial charge on any atom is 0.317 e. The lowest BCUT2D eigenvalue weighted by molar-refractivity contribution is -0.143. The second kappa shape index (κ2) is 6.43. The number of aliphatic carboxylic acids is 1. The van der Waals surface area contributed by atoms with Gasteiger partial charge in [-0.3, -0.25) is 4.79 Å². The molecule has 2 amide bonds. The third kappa shape index (κ3) is 3.62. The molecule has 2 aliphatic rings. The number of hydrogen-bond donors (Lipinski definition) is 2. The van der Waals surface area contributed by atoms with Crippen LogP contribution in [0.15, 0.2) is 0 Å². The van der Waals surface area contributed by atoms with Crippen molar-refractivity contribution < 1.29 is 19.4 Å². The number of carbonyl (C=O) groups is 2. The minimum absolute atomic E-state index is 0.0366. The van der Waals surface area contributed by atoms with E-state index in [9.17, 15) is 9.59 Å². The lowest BCUT2D eigenvalue weighted by Crippen LogP contribution is -2.53. The van der Waals surface area contributed by atoms with Crippen LogP contribution in [0.4, 0.5) is 4.79 Å². The van der Waals surface area contributed by atoms with Gasteiger partial charge in [-0.15, -0.1) is 0 Å². The molecule has 4 unspecified atom stereocenters. The van der Waals surface area contributed by atoms with E-state index in [0.29, 0.717) is 19.5 Å². The van der Waals surface area contributed by atoms with Crippen molar-refractivity contribution in [3.8, 4) is 0 Å². The Labute approximate surface area is 119 Å². The summed E-state index contributed by atoms with van der Waals surface area (Å²) in [6.45, 7) is 5.60. The van der Waals surface area contributed by atoms with E-state index >= 15 is 0 Å². The number of carbonyl (C=O) groups excluding carboxylic acids is 1. The van der Waals surface area contributed by atoms with E-state index in [1.54, 1.807) is 4.90 Å². The SMILES string of the molecule is CC1CC(C(=O)O)CN(C(=O)NC(C)C2CCCO2)C1. The van der Waals surface area contributed by atoms with E-state index in [0.717, 1.165) is 19.4 Å². The Hall–Kier alpha value is -1.30. The maximum absolute atomic E-state index is 12.2. The highest BCUT2D eigenvalue weighted by molar-refractivity contribution is 5.76. The van der Waals surface area contributed by atoms with Gasteiger partial charge in [0.2, 0.25) is 0 Å². The van der Waals surface area contributed by atoms with E-state index in [1.807, 2.05) is 13.8 Å². The van der Waals surface area contributed by atoms with Crippen LogP contribution in [0.25, 0.3) is 0 Å². The van der Waals surface area contributed by atoms with Crippen LogP contribution in [-0.4, -0.2) is 53.8 Å². The predicted molar refractivity (Wildman–Crippen MR) is 73.4 cm³/mol. The van der Waals surface area contributed by atoms with Crippen molar-refractivity contribution in [2.24, 2.45) is 11.8 Å². The largest absolute Gasteiger partial charge is 0.481 e.